The molecule has 0 spiro atoms. The molecule has 2 nitrogen and oxygen atoms in total. The Morgan fingerprint density at radius 3 is 2.53 bits per heavy atom. The van der Waals surface area contributed by atoms with Crippen LogP contribution in [0.25, 0.3) is 22.0 Å². The van der Waals surface area contributed by atoms with Crippen molar-refractivity contribution in [1.82, 2.24) is 9.55 Å². The fourth-order valence-corrected chi connectivity index (χ4v) is 2.20. The van der Waals surface area contributed by atoms with E-state index in [1.54, 1.807) is 0 Å². The Labute approximate surface area is 101 Å². The first-order valence-electron chi connectivity index (χ1n) is 5.74. The van der Waals surface area contributed by atoms with Gasteiger partial charge in [0.15, 0.2) is 0 Å². The highest BCUT2D eigenvalue weighted by Crippen LogP contribution is 2.28. The number of aryl methyl sites for hydroxylation is 1. The van der Waals surface area contributed by atoms with Gasteiger partial charge < -0.3 is 4.57 Å². The van der Waals surface area contributed by atoms with Gasteiger partial charge in [-0.1, -0.05) is 42.5 Å². The lowest BCUT2D eigenvalue weighted by atomic mass is 10.0. The Hall–Kier alpha value is -2.09. The number of benzene rings is 2. The first-order valence-corrected chi connectivity index (χ1v) is 5.74. The molecule has 0 N–H and O–H groups in total. The van der Waals surface area contributed by atoms with E-state index in [0.29, 0.717) is 0 Å². The zero-order valence-corrected chi connectivity index (χ0v) is 10.0. The molecule has 0 aliphatic heterocycles. The number of imidazole rings is 1. The quantitative estimate of drug-likeness (QED) is 0.615. The Morgan fingerprint density at radius 1 is 1.00 bits per heavy atom. The first kappa shape index (κ1) is 10.1. The number of fused-ring (bicyclic) bond motifs is 1. The minimum atomic E-state index is 1.04. The molecule has 1 heterocycles. The molecule has 0 bridgehead atoms. The molecule has 3 rings (SSSR count). The normalized spacial score (nSPS) is 10.9. The van der Waals surface area contributed by atoms with Crippen LogP contribution in [0.3, 0.4) is 0 Å². The number of hydrogen-bond acceptors (Lipinski definition) is 1. The standard InChI is InChI=1S/C15H14N2/c1-11-16-10-15(17(11)2)14-9-5-7-12-6-3-4-8-13(12)14/h3-10H,1-2H3. The molecule has 0 amide bonds. The van der Waals surface area contributed by atoms with Crippen molar-refractivity contribution in [1.29, 1.82) is 0 Å². The fourth-order valence-electron chi connectivity index (χ4n) is 2.20. The summed E-state index contributed by atoms with van der Waals surface area (Å²) in [5, 5.41) is 2.54. The second kappa shape index (κ2) is 3.74. The van der Waals surface area contributed by atoms with Gasteiger partial charge >= 0.3 is 0 Å². The van der Waals surface area contributed by atoms with Crippen LogP contribution in [0.4, 0.5) is 0 Å². The van der Waals surface area contributed by atoms with Crippen molar-refractivity contribution in [2.24, 2.45) is 7.05 Å². The van der Waals surface area contributed by atoms with E-state index in [1.165, 1.54) is 22.0 Å². The van der Waals surface area contributed by atoms with Gasteiger partial charge in [-0.2, -0.15) is 0 Å². The van der Waals surface area contributed by atoms with E-state index in [2.05, 4.69) is 59.1 Å². The predicted molar refractivity (Wildman–Crippen MR) is 70.9 cm³/mol. The molecule has 0 atom stereocenters. The smallest absolute Gasteiger partial charge is 0.105 e. The van der Waals surface area contributed by atoms with E-state index in [4.69, 9.17) is 0 Å². The molecule has 3 aromatic rings. The molecule has 84 valence electrons. The van der Waals surface area contributed by atoms with Gasteiger partial charge in [-0.05, 0) is 17.7 Å². The molecular weight excluding hydrogens is 208 g/mol. The van der Waals surface area contributed by atoms with E-state index in [1.807, 2.05) is 13.1 Å². The molecule has 0 aliphatic rings. The Bertz CT molecular complexity index is 675. The largest absolute Gasteiger partial charge is 0.331 e. The van der Waals surface area contributed by atoms with Crippen molar-refractivity contribution in [3.63, 3.8) is 0 Å². The summed E-state index contributed by atoms with van der Waals surface area (Å²) >= 11 is 0. The van der Waals surface area contributed by atoms with E-state index in [-0.39, 0.29) is 0 Å². The summed E-state index contributed by atoms with van der Waals surface area (Å²) in [7, 11) is 2.06. The first-order chi connectivity index (χ1) is 8.27. The second-order valence-corrected chi connectivity index (χ2v) is 4.28. The van der Waals surface area contributed by atoms with Crippen LogP contribution in [0.5, 0.6) is 0 Å². The zero-order valence-electron chi connectivity index (χ0n) is 10.0. The van der Waals surface area contributed by atoms with E-state index in [0.717, 1.165) is 5.82 Å². The molecule has 17 heavy (non-hydrogen) atoms. The van der Waals surface area contributed by atoms with Crippen LogP contribution >= 0.6 is 0 Å². The predicted octanol–water partition coefficient (Wildman–Crippen LogP) is 3.55. The van der Waals surface area contributed by atoms with Crippen molar-refractivity contribution < 1.29 is 0 Å². The molecule has 0 fully saturated rings. The van der Waals surface area contributed by atoms with E-state index in [9.17, 15) is 0 Å². The van der Waals surface area contributed by atoms with Gasteiger partial charge in [0.25, 0.3) is 0 Å². The summed E-state index contributed by atoms with van der Waals surface area (Å²) in [5.74, 6) is 1.04. The number of rotatable bonds is 1. The van der Waals surface area contributed by atoms with Gasteiger partial charge in [-0.3, -0.25) is 0 Å². The van der Waals surface area contributed by atoms with Crippen molar-refractivity contribution >= 4 is 10.8 Å². The summed E-state index contributed by atoms with van der Waals surface area (Å²) in [6, 6.07) is 14.8. The summed E-state index contributed by atoms with van der Waals surface area (Å²) in [5.41, 5.74) is 2.41. The van der Waals surface area contributed by atoms with Crippen LogP contribution in [0.1, 0.15) is 5.82 Å². The third kappa shape index (κ3) is 1.53. The monoisotopic (exact) mass is 222 g/mol. The average Bonchev–Trinajstić information content (AvgIpc) is 2.69. The molecule has 0 saturated carbocycles. The van der Waals surface area contributed by atoms with Crippen molar-refractivity contribution in [2.45, 2.75) is 6.92 Å². The maximum atomic E-state index is 4.36. The van der Waals surface area contributed by atoms with Gasteiger partial charge in [0.2, 0.25) is 0 Å². The third-order valence-corrected chi connectivity index (χ3v) is 3.29. The molecule has 0 radical (unpaired) electrons. The summed E-state index contributed by atoms with van der Waals surface area (Å²) in [4.78, 5) is 4.36. The average molecular weight is 222 g/mol. The van der Waals surface area contributed by atoms with Gasteiger partial charge in [0.05, 0.1) is 11.9 Å². The highest BCUT2D eigenvalue weighted by molar-refractivity contribution is 5.95. The Kier molecular flexibility index (Phi) is 2.22. The summed E-state index contributed by atoms with van der Waals surface area (Å²) < 4.78 is 2.13. The van der Waals surface area contributed by atoms with Crippen LogP contribution in [0, 0.1) is 6.92 Å². The number of hydrogen-bond donors (Lipinski definition) is 0. The minimum Gasteiger partial charge on any atom is -0.331 e. The van der Waals surface area contributed by atoms with Crippen molar-refractivity contribution in [3.8, 4) is 11.3 Å². The van der Waals surface area contributed by atoms with E-state index >= 15 is 0 Å². The van der Waals surface area contributed by atoms with Gasteiger partial charge in [-0.15, -0.1) is 0 Å². The lowest BCUT2D eigenvalue weighted by Crippen LogP contribution is -1.94. The molecule has 0 aliphatic carbocycles. The molecule has 2 aromatic carbocycles. The van der Waals surface area contributed by atoms with Crippen LogP contribution in [0.15, 0.2) is 48.7 Å². The maximum absolute atomic E-state index is 4.36. The Morgan fingerprint density at radius 2 is 1.76 bits per heavy atom. The fraction of sp³-hybridized carbons (Fsp3) is 0.133. The van der Waals surface area contributed by atoms with Crippen LogP contribution in [0.2, 0.25) is 0 Å². The highest BCUT2D eigenvalue weighted by Gasteiger charge is 2.08. The van der Waals surface area contributed by atoms with Gasteiger partial charge in [0, 0.05) is 12.6 Å². The van der Waals surface area contributed by atoms with Gasteiger partial charge in [-0.25, -0.2) is 4.98 Å². The summed E-state index contributed by atoms with van der Waals surface area (Å²) in [6.07, 6.45) is 1.94. The SMILES string of the molecule is Cc1ncc(-c2cccc3ccccc23)n1C. The molecule has 0 unspecified atom stereocenters. The Balaban J connectivity index is 2.34. The molecular formula is C15H14N2. The lowest BCUT2D eigenvalue weighted by molar-refractivity contribution is 0.866. The lowest BCUT2D eigenvalue weighted by Gasteiger charge is -2.07. The van der Waals surface area contributed by atoms with Crippen LogP contribution in [-0.2, 0) is 7.05 Å². The number of nitrogens with zero attached hydrogens (tertiary/aromatic N) is 2. The van der Waals surface area contributed by atoms with Crippen molar-refractivity contribution in [2.75, 3.05) is 0 Å². The van der Waals surface area contributed by atoms with Gasteiger partial charge in [0.1, 0.15) is 5.82 Å². The third-order valence-electron chi connectivity index (χ3n) is 3.29. The molecule has 2 heteroatoms. The second-order valence-electron chi connectivity index (χ2n) is 4.28. The topological polar surface area (TPSA) is 17.8 Å². The number of aromatic nitrogens is 2. The maximum Gasteiger partial charge on any atom is 0.105 e. The van der Waals surface area contributed by atoms with Crippen LogP contribution < -0.4 is 0 Å². The van der Waals surface area contributed by atoms with Crippen molar-refractivity contribution in [3.05, 3.63) is 54.5 Å². The molecule has 0 saturated heterocycles. The zero-order chi connectivity index (χ0) is 11.8. The van der Waals surface area contributed by atoms with Crippen LogP contribution in [-0.4, -0.2) is 9.55 Å². The molecule has 1 aromatic heterocycles. The minimum absolute atomic E-state index is 1.04. The van der Waals surface area contributed by atoms with E-state index < -0.39 is 0 Å². The summed E-state index contributed by atoms with van der Waals surface area (Å²) in [6.45, 7) is 2.02. The highest BCUT2D eigenvalue weighted by atomic mass is 15.0.